The van der Waals surface area contributed by atoms with Gasteiger partial charge < -0.3 is 10.2 Å². The van der Waals surface area contributed by atoms with E-state index in [-0.39, 0.29) is 70.0 Å². The predicted octanol–water partition coefficient (Wildman–Crippen LogP) is -2.53. The average molecular weight is 142 g/mol. The van der Waals surface area contributed by atoms with Crippen LogP contribution in [-0.2, 0) is 0 Å². The van der Waals surface area contributed by atoms with Gasteiger partial charge in [-0.05, 0) is 0 Å². The molecule has 2 N–H and O–H groups in total. The van der Waals surface area contributed by atoms with Crippen molar-refractivity contribution in [2.45, 2.75) is 0 Å². The Labute approximate surface area is 90.0 Å². The van der Waals surface area contributed by atoms with Gasteiger partial charge in [-0.2, -0.15) is 0 Å². The average Bonchev–Trinajstić information content (AvgIpc) is 0.811. The summed E-state index contributed by atoms with van der Waals surface area (Å²) in [4.78, 5) is 8.56. The number of carboxylic acid groups (broad SMARTS) is 2. The standard InChI is InChI=1S/CH2O3.Al.Mg.Na.6H/c2-1(3)4;;;;;;;;;/h(H2,2,3,4);;;;;;;;;. The molecule has 0 fully saturated rings. The van der Waals surface area contributed by atoms with Crippen LogP contribution in [0.1, 0.15) is 0 Å². The van der Waals surface area contributed by atoms with Gasteiger partial charge >= 0.3 is 58.8 Å². The normalized spacial score (nSPS) is 3.43. The van der Waals surface area contributed by atoms with E-state index in [1.165, 1.54) is 0 Å². The van der Waals surface area contributed by atoms with Crippen LogP contribution < -0.4 is 0 Å². The first kappa shape index (κ1) is 23.5. The molecule has 0 saturated heterocycles. The Morgan fingerprint density at radius 1 is 1.29 bits per heavy atom. The minimum absolute atomic E-state index is 0. The van der Waals surface area contributed by atoms with Crippen LogP contribution in [0.2, 0.25) is 0 Å². The van der Waals surface area contributed by atoms with Gasteiger partial charge in [0.25, 0.3) is 0 Å². The first-order valence-corrected chi connectivity index (χ1v) is 0.651. The van der Waals surface area contributed by atoms with Crippen molar-refractivity contribution >= 4 is 76.1 Å². The zero-order valence-corrected chi connectivity index (χ0v) is 1.80. The Kier molecular flexibility index (Phi) is 52.6. The van der Waals surface area contributed by atoms with Crippen LogP contribution in [0.15, 0.2) is 0 Å². The first-order chi connectivity index (χ1) is 1.73. The Bertz CT molecular complexity index is 37.9. The monoisotopic (exact) mass is 142 g/mol. The molecule has 0 aliphatic carbocycles. The summed E-state index contributed by atoms with van der Waals surface area (Å²) in [6.45, 7) is 0. The summed E-state index contributed by atoms with van der Waals surface area (Å²) in [5.41, 5.74) is 0. The summed E-state index contributed by atoms with van der Waals surface area (Å²) >= 11 is 0. The van der Waals surface area contributed by atoms with E-state index in [2.05, 4.69) is 0 Å². The predicted molar refractivity (Wildman–Crippen MR) is 36.3 cm³/mol. The fraction of sp³-hybridized carbons (Fsp3) is 0. The van der Waals surface area contributed by atoms with Gasteiger partial charge in [0.05, 0.1) is 0 Å². The van der Waals surface area contributed by atoms with Crippen LogP contribution in [0.25, 0.3) is 0 Å². The molecule has 0 aliphatic rings. The third-order valence-electron chi connectivity index (χ3n) is 0. The van der Waals surface area contributed by atoms with Gasteiger partial charge in [-0.25, -0.2) is 4.79 Å². The van der Waals surface area contributed by atoms with E-state index in [0.717, 1.165) is 0 Å². The molecular weight excluding hydrogens is 134 g/mol. The molecule has 0 unspecified atom stereocenters. The van der Waals surface area contributed by atoms with Gasteiger partial charge in [0.15, 0.2) is 17.4 Å². The molecular formula is CH8AlMgNaO3. The SMILES string of the molecule is O=C(O)O.[AlH3].[MgH2].[NaH]. The maximum absolute atomic E-state index is 8.56. The zero-order chi connectivity index (χ0) is 3.58. The molecule has 0 rings (SSSR count). The van der Waals surface area contributed by atoms with Gasteiger partial charge in [-0.3, -0.25) is 0 Å². The van der Waals surface area contributed by atoms with E-state index in [1.807, 2.05) is 0 Å². The molecule has 3 nitrogen and oxygen atoms in total. The Morgan fingerprint density at radius 3 is 1.29 bits per heavy atom. The summed E-state index contributed by atoms with van der Waals surface area (Å²) < 4.78 is 0. The Morgan fingerprint density at radius 2 is 1.29 bits per heavy atom. The van der Waals surface area contributed by atoms with E-state index in [0.29, 0.717) is 0 Å². The van der Waals surface area contributed by atoms with E-state index in [1.54, 1.807) is 0 Å². The molecule has 0 heterocycles. The van der Waals surface area contributed by atoms with Crippen LogP contribution in [-0.4, -0.2) is 86.3 Å². The third kappa shape index (κ3) is 95.4. The second-order valence-electron chi connectivity index (χ2n) is 0.283. The van der Waals surface area contributed by atoms with Gasteiger partial charge in [-0.1, -0.05) is 0 Å². The van der Waals surface area contributed by atoms with E-state index >= 15 is 0 Å². The Balaban J connectivity index is -0.0000000150. The van der Waals surface area contributed by atoms with Gasteiger partial charge in [0.1, 0.15) is 0 Å². The number of hydrogen-bond donors (Lipinski definition) is 2. The number of rotatable bonds is 0. The van der Waals surface area contributed by atoms with Crippen molar-refractivity contribution in [2.24, 2.45) is 0 Å². The number of hydrogen-bond acceptors (Lipinski definition) is 1. The van der Waals surface area contributed by atoms with Gasteiger partial charge in [0, 0.05) is 0 Å². The molecule has 0 aromatic carbocycles. The maximum atomic E-state index is 8.56. The van der Waals surface area contributed by atoms with Crippen LogP contribution in [0.3, 0.4) is 0 Å². The van der Waals surface area contributed by atoms with Crippen molar-refractivity contribution in [1.82, 2.24) is 0 Å². The van der Waals surface area contributed by atoms with Crippen LogP contribution in [0, 0.1) is 0 Å². The van der Waals surface area contributed by atoms with Crippen molar-refractivity contribution in [2.75, 3.05) is 0 Å². The molecule has 7 heavy (non-hydrogen) atoms. The van der Waals surface area contributed by atoms with Crippen LogP contribution in [0.4, 0.5) is 4.79 Å². The molecule has 0 aromatic rings. The van der Waals surface area contributed by atoms with Crippen LogP contribution in [0.5, 0.6) is 0 Å². The van der Waals surface area contributed by atoms with Crippen molar-refractivity contribution in [1.29, 1.82) is 0 Å². The Hall–Kier alpha value is 1.57. The quantitative estimate of drug-likeness (QED) is 0.367. The third-order valence-corrected chi connectivity index (χ3v) is 0. The van der Waals surface area contributed by atoms with Crippen molar-refractivity contribution in [3.05, 3.63) is 0 Å². The molecule has 6 heteroatoms. The fourth-order valence-corrected chi connectivity index (χ4v) is 0. The molecule has 0 amide bonds. The van der Waals surface area contributed by atoms with Crippen LogP contribution >= 0.6 is 0 Å². The summed E-state index contributed by atoms with van der Waals surface area (Å²) in [5.74, 6) is 0. The van der Waals surface area contributed by atoms with Crippen molar-refractivity contribution in [3.63, 3.8) is 0 Å². The van der Waals surface area contributed by atoms with Crippen molar-refractivity contribution in [3.8, 4) is 0 Å². The molecule has 0 spiro atoms. The van der Waals surface area contributed by atoms with Crippen molar-refractivity contribution < 1.29 is 15.0 Å². The molecule has 0 saturated carbocycles. The molecule has 0 aromatic heterocycles. The fourth-order valence-electron chi connectivity index (χ4n) is 0. The molecule has 0 radical (unpaired) electrons. The molecule has 36 valence electrons. The summed E-state index contributed by atoms with van der Waals surface area (Å²) in [6.07, 6.45) is -1.83. The van der Waals surface area contributed by atoms with Gasteiger partial charge in [-0.15, -0.1) is 0 Å². The second kappa shape index (κ2) is 15.6. The minimum atomic E-state index is -1.83. The van der Waals surface area contributed by atoms with Gasteiger partial charge in [0.2, 0.25) is 0 Å². The first-order valence-electron chi connectivity index (χ1n) is 0.651. The van der Waals surface area contributed by atoms with E-state index in [4.69, 9.17) is 15.0 Å². The summed E-state index contributed by atoms with van der Waals surface area (Å²) in [5, 5.41) is 13.9. The zero-order valence-electron chi connectivity index (χ0n) is 1.80. The summed E-state index contributed by atoms with van der Waals surface area (Å²) in [6, 6.07) is 0. The van der Waals surface area contributed by atoms with E-state index in [9.17, 15) is 0 Å². The topological polar surface area (TPSA) is 57.5 Å². The summed E-state index contributed by atoms with van der Waals surface area (Å²) in [7, 11) is 0. The molecule has 0 bridgehead atoms. The molecule has 0 aliphatic heterocycles. The second-order valence-corrected chi connectivity index (χ2v) is 0.283. The molecule has 0 atom stereocenters. The van der Waals surface area contributed by atoms with E-state index < -0.39 is 6.16 Å². The number of carbonyl (C=O) groups is 1.